The lowest BCUT2D eigenvalue weighted by Gasteiger charge is -2.41. The molecule has 1 saturated heterocycles. The highest BCUT2D eigenvalue weighted by Gasteiger charge is 2.46. The third-order valence-electron chi connectivity index (χ3n) is 6.28. The van der Waals surface area contributed by atoms with Crippen LogP contribution >= 0.6 is 0 Å². The number of rotatable bonds is 10. The number of carboxylic acid groups (broad SMARTS) is 1. The summed E-state index contributed by atoms with van der Waals surface area (Å²) in [5.41, 5.74) is -0.0279. The zero-order chi connectivity index (χ0) is 30.3. The molecule has 1 aromatic carbocycles. The van der Waals surface area contributed by atoms with E-state index in [1.54, 1.807) is 0 Å². The second-order valence-electron chi connectivity index (χ2n) is 8.93. The number of phenolic OH excluding ortho intramolecular Hbond substituents is 2. The first-order valence-electron chi connectivity index (χ1n) is 12.1. The van der Waals surface area contributed by atoms with Crippen LogP contribution in [0.5, 0.6) is 11.5 Å². The number of hydrogen-bond acceptors (Lipinski definition) is 14. The number of aliphatic hydroxyl groups excluding tert-OH is 4. The van der Waals surface area contributed by atoms with E-state index in [1.807, 2.05) is 0 Å². The second-order valence-corrected chi connectivity index (χ2v) is 8.93. The molecule has 0 saturated carbocycles. The normalized spacial score (nSPS) is 29.0. The van der Waals surface area contributed by atoms with Gasteiger partial charge in [0, 0.05) is 17.6 Å². The van der Waals surface area contributed by atoms with Gasteiger partial charge in [-0.3, -0.25) is 4.79 Å². The number of phenols is 2. The molecule has 2 aliphatic heterocycles. The Morgan fingerprint density at radius 3 is 2.41 bits per heavy atom. The summed E-state index contributed by atoms with van der Waals surface area (Å²) in [6.45, 7) is -1.21. The summed E-state index contributed by atoms with van der Waals surface area (Å²) < 4.78 is 26.2. The monoisotopic (exact) mass is 582 g/mol. The Bertz CT molecular complexity index is 1200. The Labute approximate surface area is 232 Å². The van der Waals surface area contributed by atoms with Gasteiger partial charge in [-0.15, -0.1) is 0 Å². The standard InChI is InChI=1S/C26H30O15/c1-37-20(31)9-14-13(6-7-38-19(30)5-3-12-2-4-16(28)17(29)8-12)25(39-11-15(14)24(35)36)41-26-23(34)22(33)21(32)18(10-27)40-26/h2-6,8,11,14,18,21-23,25-29,32-34H,7,9-10H2,1H3,(H,35,36)/t14-,18+,21+,22-,23+,25-,26-/m0/s1. The number of ether oxygens (including phenoxy) is 5. The average molecular weight is 583 g/mol. The molecular weight excluding hydrogens is 552 g/mol. The van der Waals surface area contributed by atoms with Gasteiger partial charge in [0.1, 0.15) is 31.0 Å². The quantitative estimate of drug-likeness (QED) is 0.0750. The van der Waals surface area contributed by atoms with Crippen LogP contribution in [-0.4, -0.2) is 111 Å². The number of benzene rings is 1. The van der Waals surface area contributed by atoms with Gasteiger partial charge < -0.3 is 59.4 Å². The van der Waals surface area contributed by atoms with Crippen LogP contribution in [0.4, 0.5) is 0 Å². The van der Waals surface area contributed by atoms with Crippen molar-refractivity contribution in [2.24, 2.45) is 5.92 Å². The molecule has 1 fully saturated rings. The molecule has 41 heavy (non-hydrogen) atoms. The molecular formula is C26H30O15. The lowest BCUT2D eigenvalue weighted by atomic mass is 9.86. The Morgan fingerprint density at radius 2 is 1.78 bits per heavy atom. The fourth-order valence-electron chi connectivity index (χ4n) is 4.04. The molecule has 0 unspecified atom stereocenters. The summed E-state index contributed by atoms with van der Waals surface area (Å²) in [4.78, 5) is 36.2. The summed E-state index contributed by atoms with van der Waals surface area (Å²) >= 11 is 0. The number of methoxy groups -OCH3 is 1. The summed E-state index contributed by atoms with van der Waals surface area (Å²) in [6.07, 6.45) is -5.91. The number of aromatic hydroxyl groups is 2. The lowest BCUT2D eigenvalue weighted by molar-refractivity contribution is -0.327. The number of carboxylic acids is 1. The number of hydrogen-bond donors (Lipinski definition) is 7. The first-order chi connectivity index (χ1) is 19.5. The fourth-order valence-corrected chi connectivity index (χ4v) is 4.04. The minimum Gasteiger partial charge on any atom is -0.504 e. The minimum atomic E-state index is -1.82. The molecule has 1 aromatic rings. The predicted molar refractivity (Wildman–Crippen MR) is 133 cm³/mol. The van der Waals surface area contributed by atoms with Gasteiger partial charge in [0.2, 0.25) is 6.29 Å². The molecule has 0 radical (unpaired) electrons. The first-order valence-corrected chi connectivity index (χ1v) is 12.1. The Balaban J connectivity index is 1.84. The molecule has 0 spiro atoms. The Kier molecular flexibility index (Phi) is 10.8. The third kappa shape index (κ3) is 7.81. The molecule has 0 amide bonds. The van der Waals surface area contributed by atoms with Gasteiger partial charge in [-0.05, 0) is 29.8 Å². The zero-order valence-electron chi connectivity index (χ0n) is 21.6. The van der Waals surface area contributed by atoms with Crippen LogP contribution in [0.15, 0.2) is 47.8 Å². The third-order valence-corrected chi connectivity index (χ3v) is 6.28. The number of aliphatic carboxylic acids is 1. The van der Waals surface area contributed by atoms with Gasteiger partial charge in [-0.25, -0.2) is 9.59 Å². The average Bonchev–Trinajstić information content (AvgIpc) is 2.94. The van der Waals surface area contributed by atoms with E-state index < -0.39 is 86.2 Å². The molecule has 7 N–H and O–H groups in total. The number of carbonyl (C=O) groups is 3. The van der Waals surface area contributed by atoms with Crippen LogP contribution in [0.3, 0.4) is 0 Å². The van der Waals surface area contributed by atoms with E-state index in [1.165, 1.54) is 30.4 Å². The largest absolute Gasteiger partial charge is 0.504 e. The summed E-state index contributed by atoms with van der Waals surface area (Å²) in [5.74, 6) is -5.03. The van der Waals surface area contributed by atoms with Crippen LogP contribution in [0.1, 0.15) is 12.0 Å². The molecule has 0 aliphatic carbocycles. The number of esters is 2. The fraction of sp³-hybridized carbons (Fsp3) is 0.423. The maximum absolute atomic E-state index is 12.2. The molecule has 2 heterocycles. The molecule has 2 aliphatic rings. The van der Waals surface area contributed by atoms with Crippen molar-refractivity contribution in [3.05, 3.63) is 53.3 Å². The van der Waals surface area contributed by atoms with Crippen molar-refractivity contribution >= 4 is 24.0 Å². The summed E-state index contributed by atoms with van der Waals surface area (Å²) in [7, 11) is 1.10. The number of carbonyl (C=O) groups excluding carboxylic acids is 2. The minimum absolute atomic E-state index is 0.0347. The van der Waals surface area contributed by atoms with Crippen molar-refractivity contribution in [1.29, 1.82) is 0 Å². The van der Waals surface area contributed by atoms with Gasteiger partial charge in [0.25, 0.3) is 0 Å². The molecule has 0 aromatic heterocycles. The number of aliphatic hydroxyl groups is 4. The summed E-state index contributed by atoms with van der Waals surface area (Å²) in [6, 6.07) is 3.86. The van der Waals surface area contributed by atoms with Crippen LogP contribution in [-0.2, 0) is 38.1 Å². The second kappa shape index (κ2) is 14.1. The van der Waals surface area contributed by atoms with Crippen molar-refractivity contribution < 1.29 is 73.8 Å². The first kappa shape index (κ1) is 31.5. The van der Waals surface area contributed by atoms with Gasteiger partial charge in [-0.1, -0.05) is 6.07 Å². The van der Waals surface area contributed by atoms with Gasteiger partial charge in [0.05, 0.1) is 32.0 Å². The Hall–Kier alpha value is -3.99. The van der Waals surface area contributed by atoms with Gasteiger partial charge in [-0.2, -0.15) is 0 Å². The summed E-state index contributed by atoms with van der Waals surface area (Å²) in [5, 5.41) is 68.5. The lowest BCUT2D eigenvalue weighted by Crippen LogP contribution is -2.60. The van der Waals surface area contributed by atoms with E-state index in [2.05, 4.69) is 4.74 Å². The molecule has 15 heteroatoms. The highest BCUT2D eigenvalue weighted by Crippen LogP contribution is 2.36. The van der Waals surface area contributed by atoms with E-state index in [-0.39, 0.29) is 16.9 Å². The molecule has 224 valence electrons. The molecule has 3 rings (SSSR count). The smallest absolute Gasteiger partial charge is 0.335 e. The molecule has 15 nitrogen and oxygen atoms in total. The van der Waals surface area contributed by atoms with E-state index in [4.69, 9.17) is 18.9 Å². The zero-order valence-corrected chi connectivity index (χ0v) is 21.6. The van der Waals surface area contributed by atoms with Crippen molar-refractivity contribution in [2.75, 3.05) is 20.3 Å². The van der Waals surface area contributed by atoms with Crippen molar-refractivity contribution in [3.8, 4) is 11.5 Å². The van der Waals surface area contributed by atoms with E-state index in [0.29, 0.717) is 5.56 Å². The van der Waals surface area contributed by atoms with Gasteiger partial charge in [0.15, 0.2) is 17.8 Å². The predicted octanol–water partition coefficient (Wildman–Crippen LogP) is -1.10. The SMILES string of the molecule is COC(=O)C[C@@H]1C(C(=O)O)=CO[C@@H](O[C@@H]2O[C@H](CO)[C@@H](O)[C@H](O)[C@H]2O)C1=CCOC(=O)C=Cc1ccc(O)c(O)c1. The van der Waals surface area contributed by atoms with Gasteiger partial charge >= 0.3 is 17.9 Å². The van der Waals surface area contributed by atoms with E-state index in [9.17, 15) is 50.1 Å². The topological polar surface area (TPSA) is 239 Å². The molecule has 0 bridgehead atoms. The highest BCUT2D eigenvalue weighted by atomic mass is 16.8. The van der Waals surface area contributed by atoms with Crippen molar-refractivity contribution in [1.82, 2.24) is 0 Å². The van der Waals surface area contributed by atoms with Crippen LogP contribution in [0.25, 0.3) is 6.08 Å². The van der Waals surface area contributed by atoms with Crippen LogP contribution in [0, 0.1) is 5.92 Å². The highest BCUT2D eigenvalue weighted by molar-refractivity contribution is 5.89. The van der Waals surface area contributed by atoms with E-state index >= 15 is 0 Å². The van der Waals surface area contributed by atoms with Crippen molar-refractivity contribution in [2.45, 2.75) is 43.4 Å². The maximum Gasteiger partial charge on any atom is 0.335 e. The van der Waals surface area contributed by atoms with Crippen LogP contribution < -0.4 is 0 Å². The van der Waals surface area contributed by atoms with Crippen LogP contribution in [0.2, 0.25) is 0 Å². The Morgan fingerprint density at radius 1 is 1.05 bits per heavy atom. The van der Waals surface area contributed by atoms with Crippen molar-refractivity contribution in [3.63, 3.8) is 0 Å². The maximum atomic E-state index is 12.2. The molecule has 7 atom stereocenters. The van der Waals surface area contributed by atoms with E-state index in [0.717, 1.165) is 19.4 Å².